The van der Waals surface area contributed by atoms with Crippen LogP contribution >= 0.6 is 0 Å². The van der Waals surface area contributed by atoms with Crippen LogP contribution in [-0.2, 0) is 9.59 Å². The van der Waals surface area contributed by atoms with Crippen LogP contribution in [-0.4, -0.2) is 50.3 Å². The van der Waals surface area contributed by atoms with Gasteiger partial charge in [0.2, 0.25) is 12.7 Å². The Morgan fingerprint density at radius 3 is 2.77 bits per heavy atom. The molecule has 0 radical (unpaired) electrons. The maximum Gasteiger partial charge on any atom is 0.260 e. The molecule has 0 bridgehead atoms. The molecule has 2 rings (SSSR count). The third-order valence-corrected chi connectivity index (χ3v) is 3.16. The number of nitrogens with one attached hydrogen (secondary N) is 1. The van der Waals surface area contributed by atoms with Gasteiger partial charge in [-0.15, -0.1) is 0 Å². The Morgan fingerprint density at radius 2 is 2.05 bits per heavy atom. The van der Waals surface area contributed by atoms with E-state index in [1.54, 1.807) is 39.2 Å². The van der Waals surface area contributed by atoms with Crippen LogP contribution in [0, 0.1) is 0 Å². The lowest BCUT2D eigenvalue weighted by molar-refractivity contribution is -0.129. The number of ether oxygens (including phenoxy) is 3. The minimum absolute atomic E-state index is 0.0374. The number of amides is 2. The second-order valence-electron chi connectivity index (χ2n) is 5.10. The molecular formula is C15H20N2O5. The monoisotopic (exact) mass is 308 g/mol. The number of fused-ring (bicyclic) bond motifs is 1. The van der Waals surface area contributed by atoms with E-state index in [1.165, 1.54) is 4.90 Å². The van der Waals surface area contributed by atoms with Crippen LogP contribution in [0.3, 0.4) is 0 Å². The van der Waals surface area contributed by atoms with E-state index in [2.05, 4.69) is 5.32 Å². The number of hydrogen-bond acceptors (Lipinski definition) is 5. The van der Waals surface area contributed by atoms with E-state index in [9.17, 15) is 9.59 Å². The zero-order valence-corrected chi connectivity index (χ0v) is 12.9. The molecule has 0 aromatic heterocycles. The van der Waals surface area contributed by atoms with Crippen molar-refractivity contribution in [2.75, 3.05) is 27.4 Å². The van der Waals surface area contributed by atoms with E-state index < -0.39 is 6.10 Å². The number of carbonyl (C=O) groups is 2. The molecule has 1 aliphatic heterocycles. The van der Waals surface area contributed by atoms with Gasteiger partial charge in [-0.3, -0.25) is 9.59 Å². The van der Waals surface area contributed by atoms with E-state index in [0.717, 1.165) is 0 Å². The summed E-state index contributed by atoms with van der Waals surface area (Å²) in [5.41, 5.74) is 0. The van der Waals surface area contributed by atoms with Crippen molar-refractivity contribution in [3.8, 4) is 17.2 Å². The van der Waals surface area contributed by atoms with Gasteiger partial charge in [0.1, 0.15) is 5.75 Å². The van der Waals surface area contributed by atoms with Crippen molar-refractivity contribution >= 4 is 11.8 Å². The molecule has 0 saturated heterocycles. The molecular weight excluding hydrogens is 288 g/mol. The first-order chi connectivity index (χ1) is 10.5. The Morgan fingerprint density at radius 1 is 1.32 bits per heavy atom. The first-order valence-electron chi connectivity index (χ1n) is 7.01. The normalized spacial score (nSPS) is 13.4. The minimum Gasteiger partial charge on any atom is -0.481 e. The van der Waals surface area contributed by atoms with Gasteiger partial charge in [0, 0.05) is 33.1 Å². The predicted molar refractivity (Wildman–Crippen MR) is 79.0 cm³/mol. The van der Waals surface area contributed by atoms with Crippen LogP contribution < -0.4 is 19.5 Å². The fraction of sp³-hybridized carbons (Fsp3) is 0.467. The Hall–Kier alpha value is -2.44. The van der Waals surface area contributed by atoms with Gasteiger partial charge < -0.3 is 24.4 Å². The number of carbonyl (C=O) groups excluding carboxylic acids is 2. The molecule has 1 heterocycles. The highest BCUT2D eigenvalue weighted by Gasteiger charge is 2.18. The highest BCUT2D eigenvalue weighted by molar-refractivity contribution is 5.82. The maximum atomic E-state index is 11.9. The second kappa shape index (κ2) is 7.02. The van der Waals surface area contributed by atoms with Crippen LogP contribution in [0.15, 0.2) is 18.2 Å². The van der Waals surface area contributed by atoms with E-state index in [-0.39, 0.29) is 31.6 Å². The predicted octanol–water partition coefficient (Wildman–Crippen LogP) is 0.777. The average molecular weight is 308 g/mol. The summed E-state index contributed by atoms with van der Waals surface area (Å²) in [6.45, 7) is 2.12. The largest absolute Gasteiger partial charge is 0.481 e. The molecule has 1 N–H and O–H groups in total. The average Bonchev–Trinajstić information content (AvgIpc) is 2.94. The number of nitrogens with zero attached hydrogens (tertiary/aromatic N) is 1. The van der Waals surface area contributed by atoms with Gasteiger partial charge in [0.25, 0.3) is 5.91 Å². The number of rotatable bonds is 6. The van der Waals surface area contributed by atoms with Gasteiger partial charge >= 0.3 is 0 Å². The van der Waals surface area contributed by atoms with E-state index >= 15 is 0 Å². The highest BCUT2D eigenvalue weighted by atomic mass is 16.7. The minimum atomic E-state index is -0.671. The van der Waals surface area contributed by atoms with Crippen LogP contribution in [0.2, 0.25) is 0 Å². The molecule has 1 aromatic rings. The molecule has 0 fully saturated rings. The summed E-state index contributed by atoms with van der Waals surface area (Å²) in [6.07, 6.45) is -0.412. The lowest BCUT2D eigenvalue weighted by Gasteiger charge is -2.15. The van der Waals surface area contributed by atoms with Crippen molar-refractivity contribution in [2.45, 2.75) is 19.4 Å². The van der Waals surface area contributed by atoms with E-state index in [0.29, 0.717) is 17.2 Å². The molecule has 0 aliphatic carbocycles. The summed E-state index contributed by atoms with van der Waals surface area (Å²) in [5.74, 6) is 1.47. The van der Waals surface area contributed by atoms with E-state index in [1.807, 2.05) is 0 Å². The molecule has 0 spiro atoms. The number of benzene rings is 1. The Balaban J connectivity index is 1.80. The topological polar surface area (TPSA) is 77.1 Å². The molecule has 120 valence electrons. The van der Waals surface area contributed by atoms with Crippen LogP contribution in [0.4, 0.5) is 0 Å². The van der Waals surface area contributed by atoms with E-state index in [4.69, 9.17) is 14.2 Å². The Bertz CT molecular complexity index is 559. The highest BCUT2D eigenvalue weighted by Crippen LogP contribution is 2.35. The van der Waals surface area contributed by atoms with Crippen molar-refractivity contribution < 1.29 is 23.8 Å². The quantitative estimate of drug-likeness (QED) is 0.840. The summed E-state index contributed by atoms with van der Waals surface area (Å²) < 4.78 is 16.0. The van der Waals surface area contributed by atoms with Crippen LogP contribution in [0.25, 0.3) is 0 Å². The summed E-state index contributed by atoms with van der Waals surface area (Å²) in [4.78, 5) is 24.8. The summed E-state index contributed by atoms with van der Waals surface area (Å²) >= 11 is 0. The zero-order valence-electron chi connectivity index (χ0n) is 12.9. The fourth-order valence-corrected chi connectivity index (χ4v) is 1.87. The van der Waals surface area contributed by atoms with Crippen molar-refractivity contribution in [3.63, 3.8) is 0 Å². The number of hydrogen-bond donors (Lipinski definition) is 1. The standard InChI is InChI=1S/C15H20N2O5/c1-10(15(19)16-7-6-14(18)17(2)3)22-11-4-5-12-13(8-11)21-9-20-12/h4-5,8,10H,6-7,9H2,1-3H3,(H,16,19)/t10-/m1/s1. The Kier molecular flexibility index (Phi) is 5.08. The van der Waals surface area contributed by atoms with Gasteiger partial charge in [0.05, 0.1) is 0 Å². The lowest BCUT2D eigenvalue weighted by atomic mass is 10.3. The van der Waals surface area contributed by atoms with Crippen LogP contribution in [0.1, 0.15) is 13.3 Å². The maximum absolute atomic E-state index is 11.9. The summed E-state index contributed by atoms with van der Waals surface area (Å²) in [7, 11) is 3.35. The first kappa shape index (κ1) is 15.9. The van der Waals surface area contributed by atoms with Crippen molar-refractivity contribution in [1.29, 1.82) is 0 Å². The van der Waals surface area contributed by atoms with Gasteiger partial charge in [0.15, 0.2) is 17.6 Å². The molecule has 7 heteroatoms. The molecule has 7 nitrogen and oxygen atoms in total. The lowest BCUT2D eigenvalue weighted by Crippen LogP contribution is -2.38. The van der Waals surface area contributed by atoms with Crippen molar-refractivity contribution in [1.82, 2.24) is 10.2 Å². The SMILES string of the molecule is C[C@@H](Oc1ccc2c(c1)OCO2)C(=O)NCCC(=O)N(C)C. The smallest absolute Gasteiger partial charge is 0.260 e. The summed E-state index contributed by atoms with van der Waals surface area (Å²) in [6, 6.07) is 5.13. The fourth-order valence-electron chi connectivity index (χ4n) is 1.87. The molecule has 1 aromatic carbocycles. The second-order valence-corrected chi connectivity index (χ2v) is 5.10. The zero-order chi connectivity index (χ0) is 16.1. The van der Waals surface area contributed by atoms with Gasteiger partial charge in [-0.2, -0.15) is 0 Å². The molecule has 2 amide bonds. The third kappa shape index (κ3) is 4.03. The van der Waals surface area contributed by atoms with Gasteiger partial charge in [-0.05, 0) is 19.1 Å². The van der Waals surface area contributed by atoms with Gasteiger partial charge in [-0.25, -0.2) is 0 Å². The molecule has 0 saturated carbocycles. The third-order valence-electron chi connectivity index (χ3n) is 3.16. The molecule has 22 heavy (non-hydrogen) atoms. The Labute approximate surface area is 129 Å². The van der Waals surface area contributed by atoms with Crippen molar-refractivity contribution in [2.24, 2.45) is 0 Å². The molecule has 1 aliphatic rings. The first-order valence-corrected chi connectivity index (χ1v) is 7.01. The van der Waals surface area contributed by atoms with Crippen LogP contribution in [0.5, 0.6) is 17.2 Å². The van der Waals surface area contributed by atoms with Crippen molar-refractivity contribution in [3.05, 3.63) is 18.2 Å². The van der Waals surface area contributed by atoms with Gasteiger partial charge in [-0.1, -0.05) is 0 Å². The molecule has 0 unspecified atom stereocenters. The molecule has 1 atom stereocenters. The summed E-state index contributed by atoms with van der Waals surface area (Å²) in [5, 5.41) is 2.67.